The van der Waals surface area contributed by atoms with Gasteiger partial charge in [-0.1, -0.05) is 55.1 Å². The molecule has 1 aliphatic rings. The van der Waals surface area contributed by atoms with Gasteiger partial charge in [0.05, 0.1) is 11.6 Å². The average molecular weight is 443 g/mol. The first-order valence-electron chi connectivity index (χ1n) is 10.4. The van der Waals surface area contributed by atoms with E-state index in [0.717, 1.165) is 5.56 Å². The Labute approximate surface area is 191 Å². The highest BCUT2D eigenvalue weighted by Gasteiger charge is 2.46. The van der Waals surface area contributed by atoms with Crippen LogP contribution in [0.2, 0.25) is 0 Å². The third-order valence-electron chi connectivity index (χ3n) is 5.42. The maximum absolute atomic E-state index is 13.4. The number of carbonyl (C=O) groups is 2. The summed E-state index contributed by atoms with van der Waals surface area (Å²) in [5.41, 5.74) is 1.70. The highest BCUT2D eigenvalue weighted by atomic mass is 19.1. The molecule has 33 heavy (non-hydrogen) atoms. The molecule has 3 aromatic carbocycles. The zero-order valence-electron chi connectivity index (χ0n) is 17.8. The Morgan fingerprint density at radius 2 is 1.67 bits per heavy atom. The van der Waals surface area contributed by atoms with Crippen molar-refractivity contribution in [3.05, 3.63) is 120 Å². The van der Waals surface area contributed by atoms with Crippen molar-refractivity contribution in [1.82, 2.24) is 4.90 Å². The van der Waals surface area contributed by atoms with Crippen LogP contribution >= 0.6 is 0 Å². The lowest BCUT2D eigenvalue weighted by Gasteiger charge is -2.25. The van der Waals surface area contributed by atoms with Crippen LogP contribution < -0.4 is 4.74 Å². The SMILES string of the molecule is C=CCOc1ccc(C2C(=C(O)c3ccc(F)cc3)C(=O)C(=O)N2Cc2ccccc2)cc1. The first-order valence-corrected chi connectivity index (χ1v) is 10.4. The van der Waals surface area contributed by atoms with E-state index in [0.29, 0.717) is 17.9 Å². The van der Waals surface area contributed by atoms with Crippen LogP contribution in [-0.2, 0) is 16.1 Å². The van der Waals surface area contributed by atoms with Gasteiger partial charge in [-0.05, 0) is 47.5 Å². The number of Topliss-reactive ketones (excluding diaryl/α,β-unsaturated/α-hetero) is 1. The lowest BCUT2D eigenvalue weighted by atomic mass is 9.95. The molecule has 1 saturated heterocycles. The summed E-state index contributed by atoms with van der Waals surface area (Å²) in [4.78, 5) is 27.5. The lowest BCUT2D eigenvalue weighted by Crippen LogP contribution is -2.29. The van der Waals surface area contributed by atoms with Crippen LogP contribution in [0.4, 0.5) is 4.39 Å². The van der Waals surface area contributed by atoms with Crippen molar-refractivity contribution in [1.29, 1.82) is 0 Å². The maximum atomic E-state index is 13.4. The number of aliphatic hydroxyl groups excluding tert-OH is 1. The van der Waals surface area contributed by atoms with Crippen LogP contribution in [0.3, 0.4) is 0 Å². The predicted octanol–water partition coefficient (Wildman–Crippen LogP) is 5.01. The molecule has 1 heterocycles. The fourth-order valence-electron chi connectivity index (χ4n) is 3.83. The minimum absolute atomic E-state index is 0.0395. The summed E-state index contributed by atoms with van der Waals surface area (Å²) in [6.45, 7) is 4.15. The second-order valence-corrected chi connectivity index (χ2v) is 7.59. The zero-order chi connectivity index (χ0) is 23.4. The Kier molecular flexibility index (Phi) is 6.36. The number of hydrogen-bond donors (Lipinski definition) is 1. The number of ether oxygens (including phenoxy) is 1. The average Bonchev–Trinajstić information content (AvgIpc) is 3.08. The predicted molar refractivity (Wildman–Crippen MR) is 123 cm³/mol. The molecule has 6 heteroatoms. The molecule has 1 aliphatic heterocycles. The summed E-state index contributed by atoms with van der Waals surface area (Å²) in [6, 6.07) is 20.6. The molecule has 4 rings (SSSR count). The first-order chi connectivity index (χ1) is 16.0. The normalized spacial score (nSPS) is 17.2. The number of likely N-dealkylation sites (tertiary alicyclic amines) is 1. The Morgan fingerprint density at radius 1 is 1.00 bits per heavy atom. The van der Waals surface area contributed by atoms with Crippen molar-refractivity contribution in [3.8, 4) is 5.75 Å². The summed E-state index contributed by atoms with van der Waals surface area (Å²) in [6.07, 6.45) is 1.63. The van der Waals surface area contributed by atoms with Crippen LogP contribution in [0.5, 0.6) is 5.75 Å². The molecule has 0 aliphatic carbocycles. The Bertz CT molecular complexity index is 1200. The van der Waals surface area contributed by atoms with Crippen molar-refractivity contribution in [3.63, 3.8) is 0 Å². The van der Waals surface area contributed by atoms with Gasteiger partial charge in [-0.2, -0.15) is 0 Å². The molecule has 166 valence electrons. The van der Waals surface area contributed by atoms with E-state index >= 15 is 0 Å². The van der Waals surface area contributed by atoms with E-state index in [2.05, 4.69) is 6.58 Å². The van der Waals surface area contributed by atoms with Gasteiger partial charge in [0.15, 0.2) is 0 Å². The van der Waals surface area contributed by atoms with Gasteiger partial charge in [0, 0.05) is 12.1 Å². The number of nitrogens with zero attached hydrogens (tertiary/aromatic N) is 1. The third kappa shape index (κ3) is 4.55. The van der Waals surface area contributed by atoms with Crippen molar-refractivity contribution in [2.45, 2.75) is 12.6 Å². The number of halogens is 1. The molecule has 0 spiro atoms. The van der Waals surface area contributed by atoms with Crippen LogP contribution in [0.25, 0.3) is 5.76 Å². The molecule has 1 N–H and O–H groups in total. The van der Waals surface area contributed by atoms with Crippen LogP contribution in [0.1, 0.15) is 22.7 Å². The van der Waals surface area contributed by atoms with E-state index in [1.165, 1.54) is 29.2 Å². The zero-order valence-corrected chi connectivity index (χ0v) is 17.8. The summed E-state index contributed by atoms with van der Waals surface area (Å²) in [5, 5.41) is 11.0. The summed E-state index contributed by atoms with van der Waals surface area (Å²) in [5.74, 6) is -1.70. The van der Waals surface area contributed by atoms with Gasteiger partial charge in [0.2, 0.25) is 0 Å². The van der Waals surface area contributed by atoms with E-state index in [1.807, 2.05) is 30.3 Å². The highest BCUT2D eigenvalue weighted by molar-refractivity contribution is 6.46. The molecule has 3 aromatic rings. The van der Waals surface area contributed by atoms with Crippen LogP contribution in [0, 0.1) is 5.82 Å². The molecule has 1 fully saturated rings. The quantitative estimate of drug-likeness (QED) is 0.241. The molecule has 1 atom stereocenters. The molecule has 0 bridgehead atoms. The summed E-state index contributed by atoms with van der Waals surface area (Å²) in [7, 11) is 0. The fraction of sp³-hybridized carbons (Fsp3) is 0.111. The molecule has 1 amide bonds. The topological polar surface area (TPSA) is 66.8 Å². The van der Waals surface area contributed by atoms with Gasteiger partial charge in [0.25, 0.3) is 11.7 Å². The minimum Gasteiger partial charge on any atom is -0.507 e. The largest absolute Gasteiger partial charge is 0.507 e. The van der Waals surface area contributed by atoms with Gasteiger partial charge >= 0.3 is 0 Å². The van der Waals surface area contributed by atoms with Gasteiger partial charge in [0.1, 0.15) is 23.9 Å². The van der Waals surface area contributed by atoms with E-state index < -0.39 is 23.5 Å². The standard InChI is InChI=1S/C27H22FNO4/c1-2-16-33-22-14-10-19(11-15-22)24-23(25(30)20-8-12-21(28)13-9-20)26(31)27(32)29(24)17-18-6-4-3-5-7-18/h2-15,24,30H,1,16-17H2. The van der Waals surface area contributed by atoms with Crippen LogP contribution in [-0.4, -0.2) is 28.3 Å². The smallest absolute Gasteiger partial charge is 0.295 e. The minimum atomic E-state index is -0.816. The van der Waals surface area contributed by atoms with E-state index in [-0.39, 0.29) is 23.4 Å². The number of benzene rings is 3. The fourth-order valence-corrected chi connectivity index (χ4v) is 3.83. The second kappa shape index (κ2) is 9.53. The van der Waals surface area contributed by atoms with E-state index in [1.54, 1.807) is 30.3 Å². The van der Waals surface area contributed by atoms with Gasteiger partial charge in [-0.15, -0.1) is 0 Å². The van der Waals surface area contributed by atoms with Crippen molar-refractivity contribution in [2.24, 2.45) is 0 Å². The Morgan fingerprint density at radius 3 is 2.30 bits per heavy atom. The number of carbonyl (C=O) groups excluding carboxylic acids is 2. The number of hydrogen-bond acceptors (Lipinski definition) is 4. The number of amides is 1. The highest BCUT2D eigenvalue weighted by Crippen LogP contribution is 2.40. The number of ketones is 1. The molecule has 0 saturated carbocycles. The van der Waals surface area contributed by atoms with Gasteiger partial charge in [-0.3, -0.25) is 9.59 Å². The summed E-state index contributed by atoms with van der Waals surface area (Å²) >= 11 is 0. The molecular weight excluding hydrogens is 421 g/mol. The Hall–Kier alpha value is -4.19. The maximum Gasteiger partial charge on any atom is 0.295 e. The van der Waals surface area contributed by atoms with Gasteiger partial charge in [-0.25, -0.2) is 4.39 Å². The van der Waals surface area contributed by atoms with Crippen molar-refractivity contribution < 1.29 is 23.8 Å². The molecule has 0 aromatic heterocycles. The Balaban J connectivity index is 1.80. The van der Waals surface area contributed by atoms with Crippen molar-refractivity contribution in [2.75, 3.05) is 6.61 Å². The van der Waals surface area contributed by atoms with Crippen LogP contribution in [0.15, 0.2) is 97.1 Å². The monoisotopic (exact) mass is 443 g/mol. The lowest BCUT2D eigenvalue weighted by molar-refractivity contribution is -0.140. The first kappa shape index (κ1) is 22.0. The number of aliphatic hydroxyl groups is 1. The molecule has 1 unspecified atom stereocenters. The molecule has 0 radical (unpaired) electrons. The second-order valence-electron chi connectivity index (χ2n) is 7.59. The van der Waals surface area contributed by atoms with Crippen molar-refractivity contribution >= 4 is 17.4 Å². The third-order valence-corrected chi connectivity index (χ3v) is 5.42. The van der Waals surface area contributed by atoms with Gasteiger partial charge < -0.3 is 14.7 Å². The molecule has 5 nitrogen and oxygen atoms in total. The molecular formula is C27H22FNO4. The number of rotatable bonds is 7. The summed E-state index contributed by atoms with van der Waals surface area (Å²) < 4.78 is 18.9. The van der Waals surface area contributed by atoms with E-state index in [4.69, 9.17) is 4.74 Å². The van der Waals surface area contributed by atoms with E-state index in [9.17, 15) is 19.1 Å².